The number of benzene rings is 2. The fourth-order valence-corrected chi connectivity index (χ4v) is 10.5. The number of nitrogens with one attached hydrogen (secondary N) is 8. The zero-order valence-corrected chi connectivity index (χ0v) is 48.7. The number of likely N-dealkylation sites (tertiary alicyclic amines) is 2. The molecule has 2 aliphatic heterocycles. The summed E-state index contributed by atoms with van der Waals surface area (Å²) in [6, 6.07) is 13.0. The van der Waals surface area contributed by atoms with Gasteiger partial charge in [0.1, 0.15) is 24.2 Å². The largest absolute Gasteiger partial charge is 0.353 e. The summed E-state index contributed by atoms with van der Waals surface area (Å²) in [6.07, 6.45) is 2.94. The third kappa shape index (κ3) is 15.2. The van der Waals surface area contributed by atoms with Crippen LogP contribution in [0.4, 0.5) is 0 Å². The molecule has 0 unspecified atom stereocenters. The first kappa shape index (κ1) is 65.0. The molecule has 20 heteroatoms. The predicted octanol–water partition coefficient (Wildman–Crippen LogP) is 4.48. The first-order valence-electron chi connectivity index (χ1n) is 26.5. The van der Waals surface area contributed by atoms with E-state index in [4.69, 9.17) is 0 Å². The number of nitrogens with zero attached hydrogens (tertiary/aromatic N) is 2. The molecule has 0 radical (unpaired) electrons. The highest BCUT2D eigenvalue weighted by atomic mass is 35.5. The van der Waals surface area contributed by atoms with Gasteiger partial charge in [0, 0.05) is 32.1 Å². The van der Waals surface area contributed by atoms with Gasteiger partial charge in [-0.1, -0.05) is 123 Å². The van der Waals surface area contributed by atoms with E-state index >= 15 is 0 Å². The molecule has 0 aromatic heterocycles. The molecule has 8 amide bonds. The first-order chi connectivity index (χ1) is 34.7. The molecule has 2 heterocycles. The van der Waals surface area contributed by atoms with E-state index in [0.717, 1.165) is 11.1 Å². The lowest BCUT2D eigenvalue weighted by atomic mass is 9.65. The Labute approximate surface area is 463 Å². The second-order valence-electron chi connectivity index (χ2n) is 23.6. The van der Waals surface area contributed by atoms with E-state index in [1.165, 1.54) is 0 Å². The van der Waals surface area contributed by atoms with Crippen molar-refractivity contribution in [2.24, 2.45) is 27.6 Å². The lowest BCUT2D eigenvalue weighted by molar-refractivity contribution is -0.144. The molecule has 0 bridgehead atoms. The molecule has 3 fully saturated rings. The first-order valence-corrected chi connectivity index (χ1v) is 26.5. The van der Waals surface area contributed by atoms with Gasteiger partial charge in [-0.2, -0.15) is 0 Å². The molecule has 1 saturated carbocycles. The van der Waals surface area contributed by atoms with Gasteiger partial charge in [0.2, 0.25) is 47.3 Å². The van der Waals surface area contributed by atoms with Gasteiger partial charge in [-0.15, -0.1) is 24.8 Å². The standard InChI is InChI=1S/C56H86N10O8.2ClH/c1-34(57-12)45(67)63-43(53(3,4)5)50(72)65-30-20-26-41(65)48(70)61-39(36-22-16-14-17-23-36)32-59-47(69)38-28-29-56(11,55(38,9)10)52(74)60-33-40(37-24-18-15-19-25-37)62-49(71)42-27-21-31-66(42)51(73)44(54(6,7)8)64-46(68)35(2)58-13;;/h14-19,22-25,34-35,38-44,57-58H,20-21,26-33H2,1-13H3,(H,59,69)(H,60,74)(H,61,70)(H,62,71)(H,63,67)(H,64,68);2*1H/t34-,35-,38-,39+,40+,41-,42-,43+,44+,56+;;/m0../s1. The Kier molecular flexibility index (Phi) is 23.4. The number of likely N-dealkylation sites (N-methyl/N-ethyl adjacent to an activating group) is 2. The number of hydrogen-bond acceptors (Lipinski definition) is 10. The van der Waals surface area contributed by atoms with E-state index in [-0.39, 0.29) is 85.2 Å². The summed E-state index contributed by atoms with van der Waals surface area (Å²) in [7, 11) is 3.34. The fraction of sp³-hybridized carbons (Fsp3) is 0.643. The summed E-state index contributed by atoms with van der Waals surface area (Å²) in [6.45, 7) is 21.2. The summed E-state index contributed by atoms with van der Waals surface area (Å²) in [4.78, 5) is 115. The molecular weight excluding hydrogens is 1010 g/mol. The van der Waals surface area contributed by atoms with Crippen LogP contribution in [0, 0.1) is 27.6 Å². The SMILES string of the molecule is CN[C@@H](C)C(=O)N[C@H](C(=O)N1CCC[C@H]1C(=O)N[C@H](CNC(=O)[C@@H]1CC[C@](C)(C(=O)NC[C@@H](NC(=O)[C@@H]2CCCN2C(=O)[C@@H](NC(=O)[C@H](C)NC)C(C)(C)C)c2ccccc2)C1(C)C)c1ccccc1)C(C)(C)C.Cl.Cl. The van der Waals surface area contributed by atoms with Crippen molar-refractivity contribution in [1.82, 2.24) is 52.3 Å². The van der Waals surface area contributed by atoms with Crippen molar-refractivity contribution >= 4 is 72.1 Å². The molecule has 2 aromatic rings. The van der Waals surface area contributed by atoms with Gasteiger partial charge in [-0.05, 0) is 93.8 Å². The molecule has 5 rings (SSSR count). The van der Waals surface area contributed by atoms with Gasteiger partial charge in [0.25, 0.3) is 0 Å². The highest BCUT2D eigenvalue weighted by molar-refractivity contribution is 5.95. The Morgan fingerprint density at radius 1 is 0.566 bits per heavy atom. The van der Waals surface area contributed by atoms with Crippen LogP contribution >= 0.6 is 24.8 Å². The van der Waals surface area contributed by atoms with Crippen molar-refractivity contribution in [2.75, 3.05) is 40.3 Å². The average molecular weight is 1100 g/mol. The van der Waals surface area contributed by atoms with Crippen LogP contribution in [0.1, 0.15) is 138 Å². The fourth-order valence-electron chi connectivity index (χ4n) is 10.5. The zero-order chi connectivity index (χ0) is 54.9. The van der Waals surface area contributed by atoms with Crippen LogP contribution in [0.2, 0.25) is 0 Å². The van der Waals surface area contributed by atoms with Crippen molar-refractivity contribution < 1.29 is 38.4 Å². The molecule has 76 heavy (non-hydrogen) atoms. The molecular formula is C56H88Cl2N10O8. The minimum atomic E-state index is -0.993. The van der Waals surface area contributed by atoms with Crippen LogP contribution in [0.3, 0.4) is 0 Å². The highest BCUT2D eigenvalue weighted by Gasteiger charge is 2.58. The normalized spacial score (nSPS) is 22.5. The summed E-state index contributed by atoms with van der Waals surface area (Å²) >= 11 is 0. The molecule has 18 nitrogen and oxygen atoms in total. The molecule has 1 aliphatic carbocycles. The summed E-state index contributed by atoms with van der Waals surface area (Å²) < 4.78 is 0. The third-order valence-electron chi connectivity index (χ3n) is 16.2. The summed E-state index contributed by atoms with van der Waals surface area (Å²) in [5.41, 5.74) is -1.58. The van der Waals surface area contributed by atoms with Crippen LogP contribution < -0.4 is 42.5 Å². The smallest absolute Gasteiger partial charge is 0.246 e. The van der Waals surface area contributed by atoms with Gasteiger partial charge in [0.05, 0.1) is 29.6 Å². The minimum absolute atomic E-state index is 0. The molecule has 8 N–H and O–H groups in total. The van der Waals surface area contributed by atoms with Crippen molar-refractivity contribution in [3.05, 3.63) is 71.8 Å². The van der Waals surface area contributed by atoms with Crippen LogP contribution in [-0.2, 0) is 38.4 Å². The van der Waals surface area contributed by atoms with Crippen molar-refractivity contribution in [1.29, 1.82) is 0 Å². The maximum Gasteiger partial charge on any atom is 0.246 e. The Morgan fingerprint density at radius 2 is 0.947 bits per heavy atom. The second-order valence-corrected chi connectivity index (χ2v) is 23.6. The Balaban J connectivity index is 0.00000760. The van der Waals surface area contributed by atoms with Gasteiger partial charge >= 0.3 is 0 Å². The molecule has 10 atom stereocenters. The molecule has 424 valence electrons. The zero-order valence-electron chi connectivity index (χ0n) is 47.0. The monoisotopic (exact) mass is 1100 g/mol. The lowest BCUT2D eigenvalue weighted by Gasteiger charge is -2.40. The number of hydrogen-bond donors (Lipinski definition) is 8. The average Bonchev–Trinajstić information content (AvgIpc) is 4.12. The van der Waals surface area contributed by atoms with Crippen LogP contribution in [0.15, 0.2) is 60.7 Å². The van der Waals surface area contributed by atoms with E-state index in [1.807, 2.05) is 123 Å². The molecule has 3 aliphatic rings. The lowest BCUT2D eigenvalue weighted by Crippen LogP contribution is -2.59. The van der Waals surface area contributed by atoms with E-state index in [2.05, 4.69) is 42.5 Å². The van der Waals surface area contributed by atoms with E-state index in [9.17, 15) is 38.4 Å². The molecule has 0 spiro atoms. The number of carbonyl (C=O) groups excluding carboxylic acids is 8. The number of carbonyl (C=O) groups is 8. The van der Waals surface area contributed by atoms with E-state index in [0.29, 0.717) is 51.6 Å². The van der Waals surface area contributed by atoms with Crippen molar-refractivity contribution in [3.63, 3.8) is 0 Å². The molecule has 2 saturated heterocycles. The van der Waals surface area contributed by atoms with Crippen LogP contribution in [-0.4, -0.2) is 134 Å². The summed E-state index contributed by atoms with van der Waals surface area (Å²) in [5, 5.41) is 24.1. The van der Waals surface area contributed by atoms with Gasteiger partial charge in [-0.3, -0.25) is 38.4 Å². The maximum atomic E-state index is 14.5. The van der Waals surface area contributed by atoms with E-state index in [1.54, 1.807) is 37.7 Å². The third-order valence-corrected chi connectivity index (χ3v) is 16.2. The maximum absolute atomic E-state index is 14.5. The Hall–Kier alpha value is -5.30. The van der Waals surface area contributed by atoms with Crippen LogP contribution in [0.25, 0.3) is 0 Å². The van der Waals surface area contributed by atoms with Crippen LogP contribution in [0.5, 0.6) is 0 Å². The quantitative estimate of drug-likeness (QED) is 0.0926. The Morgan fingerprint density at radius 3 is 1.32 bits per heavy atom. The predicted molar refractivity (Wildman–Crippen MR) is 299 cm³/mol. The Bertz CT molecular complexity index is 2330. The highest BCUT2D eigenvalue weighted by Crippen LogP contribution is 2.56. The van der Waals surface area contributed by atoms with Crippen molar-refractivity contribution in [2.45, 2.75) is 163 Å². The topological polar surface area (TPSA) is 239 Å². The second kappa shape index (κ2) is 27.3. The molecule has 2 aromatic carbocycles. The number of halogens is 2. The number of rotatable bonds is 20. The van der Waals surface area contributed by atoms with E-state index < -0.39 is 75.9 Å². The summed E-state index contributed by atoms with van der Waals surface area (Å²) in [5.74, 6) is -3.10. The van der Waals surface area contributed by atoms with Crippen molar-refractivity contribution in [3.8, 4) is 0 Å². The van der Waals surface area contributed by atoms with Gasteiger partial charge < -0.3 is 52.3 Å². The minimum Gasteiger partial charge on any atom is -0.353 e. The van der Waals surface area contributed by atoms with Gasteiger partial charge in [-0.25, -0.2) is 0 Å². The van der Waals surface area contributed by atoms with Gasteiger partial charge in [0.15, 0.2) is 0 Å². The number of amides is 8.